The molecule has 0 fully saturated rings. The maximum absolute atomic E-state index is 13.3. The van der Waals surface area contributed by atoms with Gasteiger partial charge in [0.1, 0.15) is 17.7 Å². The number of fused-ring (bicyclic) bond motifs is 1. The Kier molecular flexibility index (Phi) is 4.94. The van der Waals surface area contributed by atoms with Crippen molar-refractivity contribution in [2.75, 3.05) is 11.6 Å². The first-order valence-electron chi connectivity index (χ1n) is 9.17. The van der Waals surface area contributed by atoms with Crippen LogP contribution in [-0.2, 0) is 16.0 Å². The number of benzene rings is 2. The third kappa shape index (κ3) is 3.93. The van der Waals surface area contributed by atoms with Crippen molar-refractivity contribution in [3.63, 3.8) is 0 Å². The number of H-pyrrole nitrogens is 1. The highest BCUT2D eigenvalue weighted by Gasteiger charge is 2.30. The zero-order valence-corrected chi connectivity index (χ0v) is 15.6. The molecular formula is C20H19FN6O2. The maximum Gasteiger partial charge on any atom is 0.288 e. The van der Waals surface area contributed by atoms with Crippen molar-refractivity contribution in [2.45, 2.75) is 19.4 Å². The monoisotopic (exact) mass is 394 g/mol. The summed E-state index contributed by atoms with van der Waals surface area (Å²) in [4.78, 5) is 36.4. The summed E-state index contributed by atoms with van der Waals surface area (Å²) in [6.45, 7) is 1.94. The Morgan fingerprint density at radius 3 is 2.83 bits per heavy atom. The van der Waals surface area contributed by atoms with Crippen molar-refractivity contribution < 1.29 is 14.0 Å². The average molecular weight is 394 g/mol. The Labute approximate surface area is 165 Å². The largest absolute Gasteiger partial charge is 0.349 e. The Bertz CT molecular complexity index is 1090. The Morgan fingerprint density at radius 2 is 2.03 bits per heavy atom. The van der Waals surface area contributed by atoms with Gasteiger partial charge in [0.2, 0.25) is 5.84 Å². The first-order valence-corrected chi connectivity index (χ1v) is 9.17. The van der Waals surface area contributed by atoms with Gasteiger partial charge < -0.3 is 10.3 Å². The number of rotatable bonds is 5. The molecule has 0 aliphatic carbocycles. The number of nitrogens with zero attached hydrogens (tertiary/aromatic N) is 3. The number of hydrogen-bond donors (Lipinski definition) is 3. The van der Waals surface area contributed by atoms with Crippen LogP contribution in [0.3, 0.4) is 0 Å². The number of anilines is 1. The number of amides is 2. The van der Waals surface area contributed by atoms with Gasteiger partial charge in [-0.3, -0.25) is 15.0 Å². The molecule has 1 aromatic heterocycles. The minimum Gasteiger partial charge on any atom is -0.349 e. The van der Waals surface area contributed by atoms with E-state index in [4.69, 9.17) is 0 Å². The van der Waals surface area contributed by atoms with Crippen molar-refractivity contribution in [3.05, 3.63) is 60.2 Å². The second-order valence-electron chi connectivity index (χ2n) is 6.63. The molecule has 8 nitrogen and oxygen atoms in total. The van der Waals surface area contributed by atoms with Crippen molar-refractivity contribution in [1.29, 1.82) is 0 Å². The standard InChI is InChI=1S/C20H19FN6O2/c1-12-20(29)27(14-5-3-2-4-6-14)26-18(23-12)19(28)22-10-9-17-24-15-8-7-13(21)11-16(15)25-17/h2-8,11-12H,9-10H2,1H3,(H,22,28)(H,23,26)(H,24,25)/t12-/m0/s1. The summed E-state index contributed by atoms with van der Waals surface area (Å²) in [7, 11) is 0. The molecule has 1 aliphatic heterocycles. The minimum absolute atomic E-state index is 0.0626. The fourth-order valence-corrected chi connectivity index (χ4v) is 3.04. The molecule has 2 amide bonds. The number of amidine groups is 1. The topological polar surface area (TPSA) is 102 Å². The fourth-order valence-electron chi connectivity index (χ4n) is 3.04. The number of hydrogen-bond acceptors (Lipinski definition) is 5. The highest BCUT2D eigenvalue weighted by molar-refractivity contribution is 6.39. The maximum atomic E-state index is 13.3. The van der Waals surface area contributed by atoms with Crippen LogP contribution in [0, 0.1) is 5.82 Å². The second-order valence-corrected chi connectivity index (χ2v) is 6.63. The molecule has 1 atom stereocenters. The predicted octanol–water partition coefficient (Wildman–Crippen LogP) is 1.70. The summed E-state index contributed by atoms with van der Waals surface area (Å²) >= 11 is 0. The number of carbonyl (C=O) groups excluding carboxylic acids is 2. The molecule has 0 spiro atoms. The molecule has 3 N–H and O–H groups in total. The highest BCUT2D eigenvalue weighted by Crippen LogP contribution is 2.16. The summed E-state index contributed by atoms with van der Waals surface area (Å²) < 4.78 is 13.3. The summed E-state index contributed by atoms with van der Waals surface area (Å²) in [5.74, 6) is -0.310. The van der Waals surface area contributed by atoms with Gasteiger partial charge in [-0.05, 0) is 37.3 Å². The van der Waals surface area contributed by atoms with Gasteiger partial charge in [0.15, 0.2) is 0 Å². The smallest absolute Gasteiger partial charge is 0.288 e. The Morgan fingerprint density at radius 1 is 1.24 bits per heavy atom. The molecule has 0 unspecified atom stereocenters. The molecule has 2 aromatic carbocycles. The SMILES string of the molecule is C[C@@H]1N=C(C(=O)NCCc2nc3ccc(F)cc3[nH]2)NN(c2ccccc2)C1=O. The molecule has 148 valence electrons. The number of aliphatic imine (C=N–C) groups is 1. The number of carbonyl (C=O) groups is 2. The van der Waals surface area contributed by atoms with Crippen LogP contribution in [0.4, 0.5) is 10.1 Å². The number of nitrogens with one attached hydrogen (secondary N) is 3. The Hall–Kier alpha value is -3.75. The van der Waals surface area contributed by atoms with Gasteiger partial charge in [0, 0.05) is 13.0 Å². The molecule has 29 heavy (non-hydrogen) atoms. The molecular weight excluding hydrogens is 375 g/mol. The lowest BCUT2D eigenvalue weighted by Gasteiger charge is -2.30. The van der Waals surface area contributed by atoms with Crippen LogP contribution >= 0.6 is 0 Å². The van der Waals surface area contributed by atoms with Gasteiger partial charge in [-0.1, -0.05) is 18.2 Å². The molecule has 4 rings (SSSR count). The van der Waals surface area contributed by atoms with E-state index >= 15 is 0 Å². The molecule has 0 radical (unpaired) electrons. The molecule has 1 aliphatic rings. The minimum atomic E-state index is -0.678. The van der Waals surface area contributed by atoms with Gasteiger partial charge >= 0.3 is 0 Å². The summed E-state index contributed by atoms with van der Waals surface area (Å²) in [6, 6.07) is 12.6. The van der Waals surface area contributed by atoms with E-state index in [1.165, 1.54) is 17.1 Å². The van der Waals surface area contributed by atoms with E-state index < -0.39 is 11.9 Å². The van der Waals surface area contributed by atoms with E-state index in [1.807, 2.05) is 6.07 Å². The molecule has 0 saturated carbocycles. The van der Waals surface area contributed by atoms with Gasteiger partial charge in [0.05, 0.1) is 16.7 Å². The summed E-state index contributed by atoms with van der Waals surface area (Å²) in [5.41, 5.74) is 4.68. The zero-order valence-electron chi connectivity index (χ0n) is 15.6. The van der Waals surface area contributed by atoms with Gasteiger partial charge in [-0.25, -0.2) is 19.4 Å². The zero-order chi connectivity index (χ0) is 20.4. The normalized spacial score (nSPS) is 16.5. The number of imidazole rings is 1. The first-order chi connectivity index (χ1) is 14.0. The summed E-state index contributed by atoms with van der Waals surface area (Å²) in [5, 5.41) is 4.08. The second kappa shape index (κ2) is 7.70. The third-order valence-electron chi connectivity index (χ3n) is 4.49. The van der Waals surface area contributed by atoms with E-state index in [0.717, 1.165) is 0 Å². The van der Waals surface area contributed by atoms with Crippen LogP contribution in [0.1, 0.15) is 12.7 Å². The lowest BCUT2D eigenvalue weighted by atomic mass is 10.2. The molecule has 0 saturated heterocycles. The highest BCUT2D eigenvalue weighted by atomic mass is 19.1. The van der Waals surface area contributed by atoms with E-state index in [1.54, 1.807) is 37.3 Å². The van der Waals surface area contributed by atoms with Crippen molar-refractivity contribution >= 4 is 34.4 Å². The average Bonchev–Trinajstić information content (AvgIpc) is 3.12. The van der Waals surface area contributed by atoms with E-state index in [2.05, 4.69) is 25.7 Å². The number of hydrazine groups is 1. The van der Waals surface area contributed by atoms with Crippen LogP contribution in [0.5, 0.6) is 0 Å². The molecule has 9 heteroatoms. The van der Waals surface area contributed by atoms with Gasteiger partial charge in [0.25, 0.3) is 11.8 Å². The first kappa shape index (κ1) is 18.6. The molecule has 2 heterocycles. The van der Waals surface area contributed by atoms with E-state index in [0.29, 0.717) is 35.5 Å². The van der Waals surface area contributed by atoms with Crippen LogP contribution in [0.15, 0.2) is 53.5 Å². The van der Waals surface area contributed by atoms with Crippen LogP contribution in [0.25, 0.3) is 11.0 Å². The van der Waals surface area contributed by atoms with Gasteiger partial charge in [-0.2, -0.15) is 0 Å². The van der Waals surface area contributed by atoms with Crippen LogP contribution in [0.2, 0.25) is 0 Å². The van der Waals surface area contributed by atoms with Gasteiger partial charge in [-0.15, -0.1) is 0 Å². The molecule has 0 bridgehead atoms. The number of aromatic amines is 1. The Balaban J connectivity index is 1.39. The quantitative estimate of drug-likeness (QED) is 0.613. The number of aromatic nitrogens is 2. The van der Waals surface area contributed by atoms with E-state index in [9.17, 15) is 14.0 Å². The fraction of sp³-hybridized carbons (Fsp3) is 0.200. The molecule has 3 aromatic rings. The van der Waals surface area contributed by atoms with Crippen molar-refractivity contribution in [3.8, 4) is 0 Å². The van der Waals surface area contributed by atoms with Crippen LogP contribution in [-0.4, -0.2) is 40.2 Å². The number of para-hydroxylation sites is 1. The lowest BCUT2D eigenvalue weighted by molar-refractivity contribution is -0.120. The lowest BCUT2D eigenvalue weighted by Crippen LogP contribution is -2.58. The predicted molar refractivity (Wildman–Crippen MR) is 107 cm³/mol. The third-order valence-corrected chi connectivity index (χ3v) is 4.49. The number of halogens is 1. The summed E-state index contributed by atoms with van der Waals surface area (Å²) in [6.07, 6.45) is 0.437. The van der Waals surface area contributed by atoms with Crippen molar-refractivity contribution in [2.24, 2.45) is 4.99 Å². The van der Waals surface area contributed by atoms with Crippen molar-refractivity contribution in [1.82, 2.24) is 20.7 Å². The van der Waals surface area contributed by atoms with Crippen LogP contribution < -0.4 is 15.8 Å². The van der Waals surface area contributed by atoms with E-state index in [-0.39, 0.29) is 17.6 Å².